The van der Waals surface area contributed by atoms with Crippen LogP contribution in [0, 0.1) is 0 Å². The number of carboxylic acids is 1. The van der Waals surface area contributed by atoms with Crippen molar-refractivity contribution in [2.45, 2.75) is 18.9 Å². The Morgan fingerprint density at radius 2 is 1.77 bits per heavy atom. The van der Waals surface area contributed by atoms with Gasteiger partial charge in [-0.25, -0.2) is 0 Å². The number of halogens is 1. The molecule has 1 heterocycles. The number of ketones is 1. The molecule has 1 aliphatic rings. The second-order valence-electron chi connectivity index (χ2n) is 6.74. The van der Waals surface area contributed by atoms with Crippen LogP contribution in [-0.2, 0) is 14.4 Å². The topological polar surface area (TPSA) is 104 Å². The average Bonchev–Trinajstić information content (AvgIpc) is 2.98. The van der Waals surface area contributed by atoms with E-state index in [9.17, 15) is 19.5 Å². The maximum Gasteiger partial charge on any atom is 0.303 e. The standard InChI is InChI=1S/C22H20ClNO6/c1-30-14-10-8-13(9-11-14)20(27)18-19(15-5-2-3-6-16(15)23)24(22(29)21(18)28)12-4-7-17(25)26/h2-3,5-6,8-11,19,27H,4,7,12H2,1H3,(H,25,26)/b20-18+. The third kappa shape index (κ3) is 4.16. The SMILES string of the molecule is COc1ccc(/C(O)=C2\C(=O)C(=O)N(CCCC(=O)O)C2c2ccccc2Cl)cc1. The summed E-state index contributed by atoms with van der Waals surface area (Å²) < 4.78 is 5.11. The van der Waals surface area contributed by atoms with Gasteiger partial charge in [-0.05, 0) is 42.3 Å². The first kappa shape index (κ1) is 21.4. The maximum absolute atomic E-state index is 12.9. The Hall–Kier alpha value is -3.32. The van der Waals surface area contributed by atoms with Crippen LogP contribution in [0.1, 0.15) is 30.0 Å². The predicted octanol–water partition coefficient (Wildman–Crippen LogP) is 3.64. The number of nitrogens with zero attached hydrogens (tertiary/aromatic N) is 1. The van der Waals surface area contributed by atoms with E-state index in [4.69, 9.17) is 21.4 Å². The normalized spacial score (nSPS) is 17.9. The van der Waals surface area contributed by atoms with Gasteiger partial charge in [0.15, 0.2) is 0 Å². The van der Waals surface area contributed by atoms with Crippen molar-refractivity contribution in [2.24, 2.45) is 0 Å². The molecule has 8 heteroatoms. The van der Waals surface area contributed by atoms with E-state index in [0.29, 0.717) is 21.9 Å². The molecular weight excluding hydrogens is 410 g/mol. The Labute approximate surface area is 178 Å². The summed E-state index contributed by atoms with van der Waals surface area (Å²) >= 11 is 6.34. The van der Waals surface area contributed by atoms with E-state index in [2.05, 4.69) is 0 Å². The van der Waals surface area contributed by atoms with Gasteiger partial charge in [-0.2, -0.15) is 0 Å². The molecule has 1 saturated heterocycles. The van der Waals surface area contributed by atoms with Crippen LogP contribution < -0.4 is 4.74 Å². The van der Waals surface area contributed by atoms with Crippen LogP contribution >= 0.6 is 11.6 Å². The summed E-state index contributed by atoms with van der Waals surface area (Å²) in [4.78, 5) is 37.7. The lowest BCUT2D eigenvalue weighted by Gasteiger charge is -2.25. The van der Waals surface area contributed by atoms with Crippen molar-refractivity contribution in [1.29, 1.82) is 0 Å². The lowest BCUT2D eigenvalue weighted by atomic mass is 9.95. The summed E-state index contributed by atoms with van der Waals surface area (Å²) in [5, 5.41) is 20.2. The van der Waals surface area contributed by atoms with Gasteiger partial charge in [0.25, 0.3) is 11.7 Å². The molecule has 2 N–H and O–H groups in total. The van der Waals surface area contributed by atoms with Crippen LogP contribution in [-0.4, -0.2) is 46.4 Å². The smallest absolute Gasteiger partial charge is 0.303 e. The highest BCUT2D eigenvalue weighted by atomic mass is 35.5. The molecule has 0 spiro atoms. The van der Waals surface area contributed by atoms with Crippen molar-refractivity contribution >= 4 is 35.0 Å². The van der Waals surface area contributed by atoms with Gasteiger partial charge in [0.05, 0.1) is 18.7 Å². The Balaban J connectivity index is 2.10. The number of hydrogen-bond donors (Lipinski definition) is 2. The van der Waals surface area contributed by atoms with Crippen LogP contribution in [0.3, 0.4) is 0 Å². The van der Waals surface area contributed by atoms with Gasteiger partial charge in [0, 0.05) is 23.6 Å². The van der Waals surface area contributed by atoms with E-state index < -0.39 is 23.7 Å². The zero-order chi connectivity index (χ0) is 21.8. The van der Waals surface area contributed by atoms with Gasteiger partial charge in [0.2, 0.25) is 0 Å². The summed E-state index contributed by atoms with van der Waals surface area (Å²) in [6.07, 6.45) is 0.00258. The van der Waals surface area contributed by atoms with Crippen molar-refractivity contribution in [3.63, 3.8) is 0 Å². The first-order chi connectivity index (χ1) is 14.3. The zero-order valence-corrected chi connectivity index (χ0v) is 16.9. The molecule has 7 nitrogen and oxygen atoms in total. The molecule has 2 aromatic rings. The predicted molar refractivity (Wildman–Crippen MR) is 110 cm³/mol. The molecule has 0 saturated carbocycles. The number of hydrogen-bond acceptors (Lipinski definition) is 5. The fourth-order valence-electron chi connectivity index (χ4n) is 3.44. The number of carbonyl (C=O) groups excluding carboxylic acids is 2. The highest BCUT2D eigenvalue weighted by Gasteiger charge is 2.46. The van der Waals surface area contributed by atoms with E-state index >= 15 is 0 Å². The minimum absolute atomic E-state index is 0.0339. The Morgan fingerprint density at radius 1 is 1.10 bits per heavy atom. The number of carboxylic acid groups (broad SMARTS) is 1. The summed E-state index contributed by atoms with van der Waals surface area (Å²) in [7, 11) is 1.51. The van der Waals surface area contributed by atoms with Gasteiger partial charge in [-0.15, -0.1) is 0 Å². The van der Waals surface area contributed by atoms with Crippen molar-refractivity contribution in [2.75, 3.05) is 13.7 Å². The second-order valence-corrected chi connectivity index (χ2v) is 7.15. The first-order valence-corrected chi connectivity index (χ1v) is 9.62. The van der Waals surface area contributed by atoms with E-state index in [1.807, 2.05) is 0 Å². The summed E-state index contributed by atoms with van der Waals surface area (Å²) in [6.45, 7) is 0.0339. The number of aliphatic hydroxyl groups excluding tert-OH is 1. The van der Waals surface area contributed by atoms with Crippen LogP contribution in [0.15, 0.2) is 54.1 Å². The molecule has 1 atom stereocenters. The van der Waals surface area contributed by atoms with Gasteiger partial charge in [-0.3, -0.25) is 14.4 Å². The molecule has 1 unspecified atom stereocenters. The van der Waals surface area contributed by atoms with Crippen molar-refractivity contribution in [1.82, 2.24) is 4.90 Å². The summed E-state index contributed by atoms with van der Waals surface area (Å²) in [5.41, 5.74) is 0.730. The molecule has 0 aromatic heterocycles. The minimum atomic E-state index is -1.00. The molecule has 30 heavy (non-hydrogen) atoms. The molecule has 2 aromatic carbocycles. The van der Waals surface area contributed by atoms with Crippen LogP contribution in [0.5, 0.6) is 5.75 Å². The van der Waals surface area contributed by atoms with Crippen molar-refractivity contribution < 1.29 is 29.3 Å². The third-order valence-corrected chi connectivity index (χ3v) is 5.24. The lowest BCUT2D eigenvalue weighted by molar-refractivity contribution is -0.140. The molecular formula is C22H20ClNO6. The van der Waals surface area contributed by atoms with Crippen molar-refractivity contribution in [3.8, 4) is 5.75 Å². The Morgan fingerprint density at radius 3 is 2.37 bits per heavy atom. The summed E-state index contributed by atoms with van der Waals surface area (Å²) in [5.74, 6) is -2.41. The Kier molecular flexibility index (Phi) is 6.42. The van der Waals surface area contributed by atoms with Crippen molar-refractivity contribution in [3.05, 3.63) is 70.3 Å². The minimum Gasteiger partial charge on any atom is -0.507 e. The fraction of sp³-hybridized carbons (Fsp3) is 0.227. The lowest BCUT2D eigenvalue weighted by Crippen LogP contribution is -2.31. The molecule has 0 radical (unpaired) electrons. The number of benzene rings is 2. The number of likely N-dealkylation sites (tertiary alicyclic amines) is 1. The van der Waals surface area contributed by atoms with E-state index in [1.54, 1.807) is 48.5 Å². The van der Waals surface area contributed by atoms with Gasteiger partial charge < -0.3 is 19.8 Å². The second kappa shape index (κ2) is 9.00. The number of aliphatic carboxylic acids is 1. The number of Topliss-reactive ketones (excluding diaryl/α,β-unsaturated/α-hetero) is 1. The quantitative estimate of drug-likeness (QED) is 0.395. The Bertz CT molecular complexity index is 1010. The highest BCUT2D eigenvalue weighted by Crippen LogP contribution is 2.41. The monoisotopic (exact) mass is 429 g/mol. The highest BCUT2D eigenvalue weighted by molar-refractivity contribution is 6.47. The molecule has 156 valence electrons. The average molecular weight is 430 g/mol. The fourth-order valence-corrected chi connectivity index (χ4v) is 3.67. The molecule has 3 rings (SSSR count). The molecule has 1 amide bonds. The van der Waals surface area contributed by atoms with E-state index in [1.165, 1.54) is 12.0 Å². The number of carbonyl (C=O) groups is 3. The number of aliphatic hydroxyl groups is 1. The van der Waals surface area contributed by atoms with Crippen LogP contribution in [0.4, 0.5) is 0 Å². The molecule has 1 aliphatic heterocycles. The molecule has 1 fully saturated rings. The van der Waals surface area contributed by atoms with Crippen LogP contribution in [0.2, 0.25) is 5.02 Å². The molecule has 0 bridgehead atoms. The van der Waals surface area contributed by atoms with E-state index in [-0.39, 0.29) is 30.7 Å². The van der Waals surface area contributed by atoms with Gasteiger partial charge >= 0.3 is 5.97 Å². The third-order valence-electron chi connectivity index (χ3n) is 4.89. The summed E-state index contributed by atoms with van der Waals surface area (Å²) in [6, 6.07) is 12.2. The number of ether oxygens (including phenoxy) is 1. The van der Waals surface area contributed by atoms with Crippen LogP contribution in [0.25, 0.3) is 5.76 Å². The largest absolute Gasteiger partial charge is 0.507 e. The van der Waals surface area contributed by atoms with E-state index in [0.717, 1.165) is 0 Å². The number of amides is 1. The number of methoxy groups -OCH3 is 1. The number of rotatable bonds is 7. The van der Waals surface area contributed by atoms with Gasteiger partial charge in [-0.1, -0.05) is 29.8 Å². The zero-order valence-electron chi connectivity index (χ0n) is 16.2. The maximum atomic E-state index is 12.9. The molecule has 0 aliphatic carbocycles. The van der Waals surface area contributed by atoms with Gasteiger partial charge in [0.1, 0.15) is 11.5 Å². The first-order valence-electron chi connectivity index (χ1n) is 9.24.